The number of carbonyl (C=O) groups excluding carboxylic acids is 1. The van der Waals surface area contributed by atoms with Crippen LogP contribution in [-0.4, -0.2) is 12.0 Å². The van der Waals surface area contributed by atoms with Crippen molar-refractivity contribution in [1.29, 1.82) is 0 Å². The number of rotatable bonds is 2. The van der Waals surface area contributed by atoms with Gasteiger partial charge in [-0.15, -0.1) is 11.8 Å². The van der Waals surface area contributed by atoms with Gasteiger partial charge in [-0.1, -0.05) is 29.8 Å². The third-order valence-electron chi connectivity index (χ3n) is 2.19. The highest BCUT2D eigenvalue weighted by Gasteiger charge is 2.20. The van der Waals surface area contributed by atoms with E-state index in [-0.39, 0.29) is 5.25 Å². The molecule has 0 fully saturated rings. The SMILES string of the molecule is O=CC1=CCS[C@@H]1c1ccc(Cl)cc1. The predicted molar refractivity (Wildman–Crippen MR) is 60.8 cm³/mol. The lowest BCUT2D eigenvalue weighted by Crippen LogP contribution is -1.95. The minimum atomic E-state index is 0.199. The van der Waals surface area contributed by atoms with E-state index in [2.05, 4.69) is 0 Å². The van der Waals surface area contributed by atoms with Crippen molar-refractivity contribution < 1.29 is 4.79 Å². The molecule has 3 heteroatoms. The fourth-order valence-electron chi connectivity index (χ4n) is 1.48. The Bertz CT molecular complexity index is 369. The third-order valence-corrected chi connectivity index (χ3v) is 3.68. The van der Waals surface area contributed by atoms with Gasteiger partial charge in [0.15, 0.2) is 0 Å². The van der Waals surface area contributed by atoms with E-state index in [1.54, 1.807) is 11.8 Å². The van der Waals surface area contributed by atoms with Crippen LogP contribution in [0.4, 0.5) is 0 Å². The Hall–Kier alpha value is -0.730. The van der Waals surface area contributed by atoms with Gasteiger partial charge < -0.3 is 0 Å². The lowest BCUT2D eigenvalue weighted by molar-refractivity contribution is -0.105. The van der Waals surface area contributed by atoms with E-state index in [0.717, 1.165) is 28.2 Å². The maximum absolute atomic E-state index is 10.8. The van der Waals surface area contributed by atoms with Gasteiger partial charge in [-0.3, -0.25) is 4.79 Å². The number of halogens is 1. The van der Waals surface area contributed by atoms with Gasteiger partial charge in [0.1, 0.15) is 6.29 Å². The van der Waals surface area contributed by atoms with Crippen LogP contribution >= 0.6 is 23.4 Å². The Labute approximate surface area is 92.1 Å². The van der Waals surface area contributed by atoms with Gasteiger partial charge in [0.05, 0.1) is 5.25 Å². The molecule has 0 saturated heterocycles. The molecule has 1 aliphatic rings. The van der Waals surface area contributed by atoms with E-state index in [0.29, 0.717) is 0 Å². The van der Waals surface area contributed by atoms with E-state index in [1.807, 2.05) is 30.3 Å². The van der Waals surface area contributed by atoms with E-state index in [4.69, 9.17) is 11.6 Å². The zero-order chi connectivity index (χ0) is 9.97. The molecule has 2 rings (SSSR count). The van der Waals surface area contributed by atoms with Crippen molar-refractivity contribution in [3.8, 4) is 0 Å². The molecule has 0 bridgehead atoms. The molecule has 1 heterocycles. The largest absolute Gasteiger partial charge is 0.298 e. The first kappa shape index (κ1) is 9.81. The minimum absolute atomic E-state index is 0.199. The first-order valence-electron chi connectivity index (χ1n) is 4.33. The van der Waals surface area contributed by atoms with Crippen LogP contribution in [0.5, 0.6) is 0 Å². The number of thioether (sulfide) groups is 1. The van der Waals surface area contributed by atoms with Crippen LogP contribution in [0.3, 0.4) is 0 Å². The summed E-state index contributed by atoms with van der Waals surface area (Å²) in [5.74, 6) is 0.918. The van der Waals surface area contributed by atoms with Crippen LogP contribution in [0.15, 0.2) is 35.9 Å². The molecule has 14 heavy (non-hydrogen) atoms. The normalized spacial score (nSPS) is 20.6. The molecule has 1 nitrogen and oxygen atoms in total. The molecule has 0 amide bonds. The number of hydrogen-bond acceptors (Lipinski definition) is 2. The van der Waals surface area contributed by atoms with Crippen molar-refractivity contribution in [2.24, 2.45) is 0 Å². The van der Waals surface area contributed by atoms with Crippen molar-refractivity contribution in [3.05, 3.63) is 46.5 Å². The third kappa shape index (κ3) is 1.86. The van der Waals surface area contributed by atoms with Gasteiger partial charge in [-0.05, 0) is 17.7 Å². The fourth-order valence-corrected chi connectivity index (χ4v) is 2.78. The quantitative estimate of drug-likeness (QED) is 0.718. The Balaban J connectivity index is 2.27. The molecule has 0 saturated carbocycles. The molecular formula is C11H9ClOS. The zero-order valence-electron chi connectivity index (χ0n) is 7.44. The Morgan fingerprint density at radius 1 is 1.36 bits per heavy atom. The molecule has 1 aliphatic heterocycles. The standard InChI is InChI=1S/C11H9ClOS/c12-10-3-1-8(2-4-10)11-9(7-13)5-6-14-11/h1-5,7,11H,6H2/t11-/m1/s1. The second-order valence-electron chi connectivity index (χ2n) is 3.09. The number of hydrogen-bond donors (Lipinski definition) is 0. The molecule has 1 atom stereocenters. The summed E-state index contributed by atoms with van der Waals surface area (Å²) < 4.78 is 0. The van der Waals surface area contributed by atoms with E-state index in [9.17, 15) is 4.79 Å². The highest BCUT2D eigenvalue weighted by molar-refractivity contribution is 8.00. The highest BCUT2D eigenvalue weighted by atomic mass is 35.5. The van der Waals surface area contributed by atoms with Crippen molar-refractivity contribution in [2.75, 3.05) is 5.75 Å². The van der Waals surface area contributed by atoms with E-state index >= 15 is 0 Å². The van der Waals surface area contributed by atoms with Crippen LogP contribution in [-0.2, 0) is 4.79 Å². The van der Waals surface area contributed by atoms with Crippen LogP contribution < -0.4 is 0 Å². The zero-order valence-corrected chi connectivity index (χ0v) is 9.02. The van der Waals surface area contributed by atoms with Crippen LogP contribution in [0, 0.1) is 0 Å². The summed E-state index contributed by atoms with van der Waals surface area (Å²) in [5, 5.41) is 0.929. The topological polar surface area (TPSA) is 17.1 Å². The Morgan fingerprint density at radius 3 is 2.71 bits per heavy atom. The highest BCUT2D eigenvalue weighted by Crippen LogP contribution is 2.39. The van der Waals surface area contributed by atoms with Crippen LogP contribution in [0.25, 0.3) is 0 Å². The van der Waals surface area contributed by atoms with Crippen molar-refractivity contribution >= 4 is 29.6 Å². The first-order valence-corrected chi connectivity index (χ1v) is 5.76. The summed E-state index contributed by atoms with van der Waals surface area (Å²) in [6.07, 6.45) is 2.93. The molecule has 0 radical (unpaired) electrons. The van der Waals surface area contributed by atoms with Gasteiger partial charge in [0.25, 0.3) is 0 Å². The van der Waals surface area contributed by atoms with Gasteiger partial charge in [-0.2, -0.15) is 0 Å². The number of aldehydes is 1. The molecule has 0 spiro atoms. The lowest BCUT2D eigenvalue weighted by Gasteiger charge is -2.10. The molecule has 72 valence electrons. The van der Waals surface area contributed by atoms with Gasteiger partial charge in [0, 0.05) is 16.3 Å². The van der Waals surface area contributed by atoms with Gasteiger partial charge in [0.2, 0.25) is 0 Å². The predicted octanol–water partition coefficient (Wildman–Crippen LogP) is 3.25. The molecule has 0 unspecified atom stereocenters. The van der Waals surface area contributed by atoms with Gasteiger partial charge >= 0.3 is 0 Å². The first-order chi connectivity index (χ1) is 6.81. The van der Waals surface area contributed by atoms with Crippen molar-refractivity contribution in [1.82, 2.24) is 0 Å². The lowest BCUT2D eigenvalue weighted by atomic mass is 10.1. The summed E-state index contributed by atoms with van der Waals surface area (Å²) in [6, 6.07) is 7.67. The summed E-state index contributed by atoms with van der Waals surface area (Å²) >= 11 is 7.56. The Morgan fingerprint density at radius 2 is 2.07 bits per heavy atom. The number of benzene rings is 1. The maximum atomic E-state index is 10.8. The molecule has 0 N–H and O–H groups in total. The van der Waals surface area contributed by atoms with Crippen molar-refractivity contribution in [2.45, 2.75) is 5.25 Å². The van der Waals surface area contributed by atoms with Crippen LogP contribution in [0.1, 0.15) is 10.8 Å². The number of carbonyl (C=O) groups is 1. The fraction of sp³-hybridized carbons (Fsp3) is 0.182. The van der Waals surface area contributed by atoms with Crippen LogP contribution in [0.2, 0.25) is 5.02 Å². The average molecular weight is 225 g/mol. The van der Waals surface area contributed by atoms with Crippen molar-refractivity contribution in [3.63, 3.8) is 0 Å². The smallest absolute Gasteiger partial charge is 0.147 e. The summed E-state index contributed by atoms with van der Waals surface area (Å²) in [6.45, 7) is 0. The summed E-state index contributed by atoms with van der Waals surface area (Å²) in [4.78, 5) is 10.8. The molecule has 1 aromatic rings. The monoisotopic (exact) mass is 224 g/mol. The second-order valence-corrected chi connectivity index (χ2v) is 4.66. The van der Waals surface area contributed by atoms with E-state index < -0.39 is 0 Å². The minimum Gasteiger partial charge on any atom is -0.298 e. The summed E-state index contributed by atoms with van der Waals surface area (Å²) in [5.41, 5.74) is 2.02. The second kappa shape index (κ2) is 4.20. The summed E-state index contributed by atoms with van der Waals surface area (Å²) in [7, 11) is 0. The molecule has 0 aromatic heterocycles. The molecular weight excluding hydrogens is 216 g/mol. The molecule has 1 aromatic carbocycles. The van der Waals surface area contributed by atoms with E-state index in [1.165, 1.54) is 0 Å². The molecule has 0 aliphatic carbocycles. The van der Waals surface area contributed by atoms with Gasteiger partial charge in [-0.25, -0.2) is 0 Å². The average Bonchev–Trinajstić information content (AvgIpc) is 2.67. The maximum Gasteiger partial charge on any atom is 0.147 e. The Kier molecular flexibility index (Phi) is 2.94.